The summed E-state index contributed by atoms with van der Waals surface area (Å²) in [5.41, 5.74) is 1.86. The van der Waals surface area contributed by atoms with Crippen LogP contribution in [0.2, 0.25) is 0 Å². The molecule has 1 aliphatic rings. The number of hydrogen-bond acceptors (Lipinski definition) is 5. The van der Waals surface area contributed by atoms with E-state index in [0.717, 1.165) is 12.8 Å². The first-order valence-electron chi connectivity index (χ1n) is 8.97. The van der Waals surface area contributed by atoms with Crippen LogP contribution in [0.5, 0.6) is 0 Å². The van der Waals surface area contributed by atoms with E-state index in [1.807, 2.05) is 13.8 Å². The lowest BCUT2D eigenvalue weighted by Gasteiger charge is -2.26. The Morgan fingerprint density at radius 3 is 2.54 bits per heavy atom. The largest absolute Gasteiger partial charge is 0.464 e. The van der Waals surface area contributed by atoms with Gasteiger partial charge in [0.2, 0.25) is 5.91 Å². The van der Waals surface area contributed by atoms with Crippen LogP contribution in [0.1, 0.15) is 58.8 Å². The summed E-state index contributed by atoms with van der Waals surface area (Å²) >= 11 is 0. The van der Waals surface area contributed by atoms with E-state index >= 15 is 0 Å². The molecule has 1 saturated heterocycles. The third-order valence-electron chi connectivity index (χ3n) is 4.69. The van der Waals surface area contributed by atoms with E-state index < -0.39 is 5.97 Å². The highest BCUT2D eigenvalue weighted by atomic mass is 16.5. The Morgan fingerprint density at radius 1 is 1.31 bits per heavy atom. The molecule has 1 N–H and O–H groups in total. The number of aromatic amines is 1. The van der Waals surface area contributed by atoms with Gasteiger partial charge in [-0.1, -0.05) is 13.8 Å². The first kappa shape index (κ1) is 20.2. The van der Waals surface area contributed by atoms with Gasteiger partial charge < -0.3 is 19.4 Å². The molecule has 0 spiro atoms. The van der Waals surface area contributed by atoms with Crippen molar-refractivity contribution in [3.63, 3.8) is 0 Å². The number of ketones is 1. The van der Waals surface area contributed by atoms with Crippen LogP contribution in [0.4, 0.5) is 0 Å². The molecule has 144 valence electrons. The maximum Gasteiger partial charge on any atom is 0.354 e. The minimum Gasteiger partial charge on any atom is -0.464 e. The van der Waals surface area contributed by atoms with Crippen LogP contribution in [0.15, 0.2) is 0 Å². The van der Waals surface area contributed by atoms with Gasteiger partial charge in [0.1, 0.15) is 5.69 Å². The normalized spacial score (nSPS) is 16.8. The second-order valence-corrected chi connectivity index (χ2v) is 7.05. The summed E-state index contributed by atoms with van der Waals surface area (Å²) in [6.07, 6.45) is 1.84. The lowest BCUT2D eigenvalue weighted by molar-refractivity contribution is -0.135. The van der Waals surface area contributed by atoms with Crippen LogP contribution in [-0.4, -0.2) is 60.5 Å². The van der Waals surface area contributed by atoms with Crippen LogP contribution in [0.3, 0.4) is 0 Å². The van der Waals surface area contributed by atoms with Crippen LogP contribution >= 0.6 is 0 Å². The minimum atomic E-state index is -0.515. The van der Waals surface area contributed by atoms with Crippen molar-refractivity contribution in [1.82, 2.24) is 9.88 Å². The van der Waals surface area contributed by atoms with Crippen molar-refractivity contribution in [1.29, 1.82) is 0 Å². The average molecular weight is 364 g/mol. The quantitative estimate of drug-likeness (QED) is 0.592. The summed E-state index contributed by atoms with van der Waals surface area (Å²) in [5.74, 6) is -0.992. The van der Waals surface area contributed by atoms with Crippen molar-refractivity contribution in [2.24, 2.45) is 5.92 Å². The highest BCUT2D eigenvalue weighted by Crippen LogP contribution is 2.21. The predicted octanol–water partition coefficient (Wildman–Crippen LogP) is 2.26. The van der Waals surface area contributed by atoms with Gasteiger partial charge in [-0.25, -0.2) is 4.79 Å². The fourth-order valence-corrected chi connectivity index (χ4v) is 3.36. The van der Waals surface area contributed by atoms with Crippen molar-refractivity contribution in [3.8, 4) is 0 Å². The molecule has 7 heteroatoms. The fraction of sp³-hybridized carbons (Fsp3) is 0.632. The van der Waals surface area contributed by atoms with Gasteiger partial charge in [-0.05, 0) is 32.3 Å². The molecule has 2 heterocycles. The van der Waals surface area contributed by atoms with Gasteiger partial charge in [-0.3, -0.25) is 9.59 Å². The standard InChI is InChI=1S/C19H28N2O5/c1-11(2)18(23)21(9-14-7-6-8-26-14)10-15(22)16-12(3)17(19(24)25-5)20-13(16)4/h11,14,20H,6-10H2,1-5H3. The SMILES string of the molecule is COC(=O)c1[nH]c(C)c(C(=O)CN(CC2CCCO2)C(=O)C(C)C)c1C. The lowest BCUT2D eigenvalue weighted by Crippen LogP contribution is -2.42. The second kappa shape index (κ2) is 8.49. The molecule has 0 radical (unpaired) electrons. The van der Waals surface area contributed by atoms with Crippen LogP contribution in [-0.2, 0) is 14.3 Å². The van der Waals surface area contributed by atoms with Gasteiger partial charge in [-0.2, -0.15) is 0 Å². The molecule has 1 amide bonds. The van der Waals surface area contributed by atoms with E-state index in [1.165, 1.54) is 7.11 Å². The van der Waals surface area contributed by atoms with Crippen LogP contribution in [0, 0.1) is 19.8 Å². The second-order valence-electron chi connectivity index (χ2n) is 7.05. The van der Waals surface area contributed by atoms with Crippen LogP contribution in [0.25, 0.3) is 0 Å². The summed E-state index contributed by atoms with van der Waals surface area (Å²) in [5, 5.41) is 0. The van der Waals surface area contributed by atoms with E-state index in [-0.39, 0.29) is 36.0 Å². The van der Waals surface area contributed by atoms with Crippen molar-refractivity contribution in [3.05, 3.63) is 22.5 Å². The molecule has 7 nitrogen and oxygen atoms in total. The maximum absolute atomic E-state index is 12.9. The summed E-state index contributed by atoms with van der Waals surface area (Å²) in [6.45, 7) is 8.15. The molecule has 2 rings (SSSR count). The molecule has 1 aromatic rings. The molecule has 1 fully saturated rings. The first-order chi connectivity index (χ1) is 12.3. The molecule has 1 aliphatic heterocycles. The Balaban J connectivity index is 2.22. The van der Waals surface area contributed by atoms with E-state index in [1.54, 1.807) is 18.7 Å². The summed E-state index contributed by atoms with van der Waals surface area (Å²) in [4.78, 5) is 41.8. The number of carbonyl (C=O) groups excluding carboxylic acids is 3. The summed E-state index contributed by atoms with van der Waals surface area (Å²) in [7, 11) is 1.30. The topological polar surface area (TPSA) is 88.7 Å². The van der Waals surface area contributed by atoms with Crippen molar-refractivity contribution >= 4 is 17.7 Å². The van der Waals surface area contributed by atoms with E-state index in [4.69, 9.17) is 9.47 Å². The molecule has 26 heavy (non-hydrogen) atoms. The molecule has 1 unspecified atom stereocenters. The maximum atomic E-state index is 12.9. The lowest BCUT2D eigenvalue weighted by atomic mass is 10.0. The Bertz CT molecular complexity index is 686. The number of nitrogens with zero attached hydrogens (tertiary/aromatic N) is 1. The number of esters is 1. The molecular formula is C19H28N2O5. The third kappa shape index (κ3) is 4.33. The first-order valence-corrected chi connectivity index (χ1v) is 8.97. The van der Waals surface area contributed by atoms with E-state index in [9.17, 15) is 14.4 Å². The zero-order valence-electron chi connectivity index (χ0n) is 16.2. The number of hydrogen-bond donors (Lipinski definition) is 1. The minimum absolute atomic E-state index is 0.0236. The monoisotopic (exact) mass is 364 g/mol. The van der Waals surface area contributed by atoms with Crippen molar-refractivity contribution in [2.45, 2.75) is 46.6 Å². The van der Waals surface area contributed by atoms with E-state index in [0.29, 0.717) is 30.0 Å². The highest BCUT2D eigenvalue weighted by Gasteiger charge is 2.28. The third-order valence-corrected chi connectivity index (χ3v) is 4.69. The molecule has 0 aromatic carbocycles. The molecule has 1 atom stereocenters. The van der Waals surface area contributed by atoms with E-state index in [2.05, 4.69) is 4.98 Å². The van der Waals surface area contributed by atoms with Crippen LogP contribution < -0.4 is 0 Å². The molecular weight excluding hydrogens is 336 g/mol. The van der Waals surface area contributed by atoms with Gasteiger partial charge in [0.25, 0.3) is 0 Å². The predicted molar refractivity (Wildman–Crippen MR) is 96.3 cm³/mol. The zero-order valence-corrected chi connectivity index (χ0v) is 16.2. The van der Waals surface area contributed by atoms with Crippen molar-refractivity contribution in [2.75, 3.05) is 26.8 Å². The zero-order chi connectivity index (χ0) is 19.4. The molecule has 1 aromatic heterocycles. The number of methoxy groups -OCH3 is 1. The molecule has 0 aliphatic carbocycles. The Kier molecular flexibility index (Phi) is 6.58. The average Bonchev–Trinajstić information content (AvgIpc) is 3.20. The number of nitrogens with one attached hydrogen (secondary N) is 1. The Labute approximate surface area is 154 Å². The van der Waals surface area contributed by atoms with Gasteiger partial charge in [0.05, 0.1) is 19.8 Å². The van der Waals surface area contributed by atoms with Gasteiger partial charge in [-0.15, -0.1) is 0 Å². The molecule has 0 bridgehead atoms. The number of ether oxygens (including phenoxy) is 2. The Hall–Kier alpha value is -2.15. The van der Waals surface area contributed by atoms with Crippen molar-refractivity contribution < 1.29 is 23.9 Å². The summed E-state index contributed by atoms with van der Waals surface area (Å²) in [6, 6.07) is 0. The fourth-order valence-electron chi connectivity index (χ4n) is 3.36. The molecule has 0 saturated carbocycles. The summed E-state index contributed by atoms with van der Waals surface area (Å²) < 4.78 is 10.4. The smallest absolute Gasteiger partial charge is 0.354 e. The Morgan fingerprint density at radius 2 is 2.00 bits per heavy atom. The van der Waals surface area contributed by atoms with Gasteiger partial charge >= 0.3 is 5.97 Å². The van der Waals surface area contributed by atoms with Gasteiger partial charge in [0.15, 0.2) is 5.78 Å². The number of Topliss-reactive ketones (excluding diaryl/α,β-unsaturated/α-hetero) is 1. The highest BCUT2D eigenvalue weighted by molar-refractivity contribution is 6.04. The number of amides is 1. The number of aromatic nitrogens is 1. The number of H-pyrrole nitrogens is 1. The number of carbonyl (C=O) groups is 3. The number of rotatable bonds is 7. The number of aryl methyl sites for hydroxylation is 1. The van der Waals surface area contributed by atoms with Gasteiger partial charge in [0, 0.05) is 30.3 Å².